The Bertz CT molecular complexity index is 316. The van der Waals surface area contributed by atoms with Gasteiger partial charge in [-0.05, 0) is 17.1 Å². The van der Waals surface area contributed by atoms with E-state index in [9.17, 15) is 0 Å². The molecule has 1 heterocycles. The van der Waals surface area contributed by atoms with Gasteiger partial charge in [0.2, 0.25) is 0 Å². The molecule has 1 aliphatic rings. The van der Waals surface area contributed by atoms with E-state index in [-0.39, 0.29) is 10.8 Å². The molecule has 15 heavy (non-hydrogen) atoms. The van der Waals surface area contributed by atoms with Crippen LogP contribution in [0.1, 0.15) is 41.5 Å². The van der Waals surface area contributed by atoms with Gasteiger partial charge in [0, 0.05) is 17.3 Å². The van der Waals surface area contributed by atoms with Gasteiger partial charge >= 0.3 is 0 Å². The maximum absolute atomic E-state index is 3.41. The van der Waals surface area contributed by atoms with E-state index in [1.165, 1.54) is 11.3 Å². The highest BCUT2D eigenvalue weighted by Gasteiger charge is 2.26. The highest BCUT2D eigenvalue weighted by molar-refractivity contribution is 5.37. The van der Waals surface area contributed by atoms with Crippen molar-refractivity contribution in [2.75, 3.05) is 0 Å². The second kappa shape index (κ2) is 3.88. The first-order valence-corrected chi connectivity index (χ1v) is 5.58. The van der Waals surface area contributed by atoms with Crippen molar-refractivity contribution in [3.63, 3.8) is 0 Å². The molecule has 1 rings (SSSR count). The molecule has 0 saturated heterocycles. The van der Waals surface area contributed by atoms with Gasteiger partial charge in [-0.1, -0.05) is 53.7 Å². The molecular weight excluding hydrogens is 182 g/mol. The summed E-state index contributed by atoms with van der Waals surface area (Å²) in [6, 6.07) is 0. The summed E-state index contributed by atoms with van der Waals surface area (Å²) in [5, 5.41) is 3.41. The Balaban J connectivity index is 3.28. The summed E-state index contributed by atoms with van der Waals surface area (Å²) < 4.78 is 0. The van der Waals surface area contributed by atoms with Crippen LogP contribution in [0.4, 0.5) is 0 Å². The molecule has 0 aromatic heterocycles. The summed E-state index contributed by atoms with van der Waals surface area (Å²) >= 11 is 0. The van der Waals surface area contributed by atoms with E-state index in [1.54, 1.807) is 0 Å². The van der Waals surface area contributed by atoms with Crippen molar-refractivity contribution in [2.45, 2.75) is 41.5 Å². The van der Waals surface area contributed by atoms with Gasteiger partial charge in [0.25, 0.3) is 0 Å². The third-order valence-corrected chi connectivity index (χ3v) is 2.53. The van der Waals surface area contributed by atoms with Gasteiger partial charge < -0.3 is 5.32 Å². The predicted octanol–water partition coefficient (Wildman–Crippen LogP) is 4.01. The minimum absolute atomic E-state index is 0.154. The molecule has 0 aromatic carbocycles. The predicted molar refractivity (Wildman–Crippen MR) is 67.4 cm³/mol. The number of allylic oxidation sites excluding steroid dienone is 5. The van der Waals surface area contributed by atoms with Gasteiger partial charge in [0.1, 0.15) is 0 Å². The fraction of sp³-hybridized carbons (Fsp3) is 0.571. The molecule has 0 spiro atoms. The summed E-state index contributed by atoms with van der Waals surface area (Å²) in [7, 11) is 0. The Labute approximate surface area is 94.0 Å². The zero-order valence-electron chi connectivity index (χ0n) is 10.8. The number of hydrogen-bond donors (Lipinski definition) is 1. The molecule has 84 valence electrons. The molecule has 0 aliphatic carbocycles. The summed E-state index contributed by atoms with van der Waals surface area (Å²) in [6.07, 6.45) is 8.38. The lowest BCUT2D eigenvalue weighted by Gasteiger charge is -2.31. The van der Waals surface area contributed by atoms with Gasteiger partial charge in [-0.3, -0.25) is 0 Å². The smallest absolute Gasteiger partial charge is 0.0239 e. The van der Waals surface area contributed by atoms with Gasteiger partial charge in [0.05, 0.1) is 0 Å². The quantitative estimate of drug-likeness (QED) is 0.630. The van der Waals surface area contributed by atoms with Crippen LogP contribution in [0.2, 0.25) is 0 Å². The van der Waals surface area contributed by atoms with E-state index >= 15 is 0 Å². The highest BCUT2D eigenvalue weighted by atomic mass is 14.9. The minimum atomic E-state index is 0.154. The van der Waals surface area contributed by atoms with Gasteiger partial charge in [-0.2, -0.15) is 0 Å². The monoisotopic (exact) mass is 205 g/mol. The van der Waals surface area contributed by atoms with Gasteiger partial charge in [0.15, 0.2) is 0 Å². The van der Waals surface area contributed by atoms with E-state index in [4.69, 9.17) is 0 Å². The highest BCUT2D eigenvalue weighted by Crippen LogP contribution is 2.36. The van der Waals surface area contributed by atoms with E-state index in [0.29, 0.717) is 0 Å². The van der Waals surface area contributed by atoms with Crippen molar-refractivity contribution in [1.82, 2.24) is 5.32 Å². The standard InChI is InChI=1S/C14H23N/c1-13(2,3)11-9-7-8-10-15-12(11)14(4,5)6/h7-10,15H,1-6H3. The van der Waals surface area contributed by atoms with E-state index in [1.807, 2.05) is 12.3 Å². The third kappa shape index (κ3) is 2.98. The Hall–Kier alpha value is -0.980. The normalized spacial score (nSPS) is 17.7. The molecule has 0 unspecified atom stereocenters. The second-order valence-corrected chi connectivity index (χ2v) is 6.15. The molecule has 0 atom stereocenters. The Morgan fingerprint density at radius 3 is 1.93 bits per heavy atom. The molecule has 0 radical (unpaired) electrons. The van der Waals surface area contributed by atoms with Crippen LogP contribution in [0.25, 0.3) is 0 Å². The largest absolute Gasteiger partial charge is 0.364 e. The van der Waals surface area contributed by atoms with Gasteiger partial charge in [-0.25, -0.2) is 0 Å². The van der Waals surface area contributed by atoms with Crippen LogP contribution < -0.4 is 5.32 Å². The Morgan fingerprint density at radius 2 is 1.47 bits per heavy atom. The van der Waals surface area contributed by atoms with Gasteiger partial charge in [-0.15, -0.1) is 0 Å². The van der Waals surface area contributed by atoms with Crippen LogP contribution in [0, 0.1) is 10.8 Å². The third-order valence-electron chi connectivity index (χ3n) is 2.53. The summed E-state index contributed by atoms with van der Waals surface area (Å²) in [5.41, 5.74) is 3.04. The van der Waals surface area contributed by atoms with Crippen LogP contribution in [-0.4, -0.2) is 0 Å². The maximum atomic E-state index is 3.41. The van der Waals surface area contributed by atoms with Crippen LogP contribution >= 0.6 is 0 Å². The Morgan fingerprint density at radius 1 is 0.867 bits per heavy atom. The van der Waals surface area contributed by atoms with E-state index in [2.05, 4.69) is 59.0 Å². The summed E-state index contributed by atoms with van der Waals surface area (Å²) in [4.78, 5) is 0. The zero-order valence-corrected chi connectivity index (χ0v) is 10.8. The molecule has 1 N–H and O–H groups in total. The van der Waals surface area contributed by atoms with Crippen molar-refractivity contribution in [2.24, 2.45) is 10.8 Å². The van der Waals surface area contributed by atoms with Crippen molar-refractivity contribution in [1.29, 1.82) is 0 Å². The van der Waals surface area contributed by atoms with E-state index < -0.39 is 0 Å². The SMILES string of the molecule is CC(C)(C)C1=C(C(C)(C)C)NC=CC=C1. The fourth-order valence-electron chi connectivity index (χ4n) is 1.75. The van der Waals surface area contributed by atoms with Crippen molar-refractivity contribution in [3.8, 4) is 0 Å². The molecule has 1 heteroatoms. The lowest BCUT2D eigenvalue weighted by Crippen LogP contribution is -2.25. The molecule has 0 bridgehead atoms. The van der Waals surface area contributed by atoms with E-state index in [0.717, 1.165) is 0 Å². The molecule has 0 saturated carbocycles. The van der Waals surface area contributed by atoms with Crippen LogP contribution in [0.5, 0.6) is 0 Å². The average Bonchev–Trinajstić information content (AvgIpc) is 2.24. The molecule has 0 amide bonds. The van der Waals surface area contributed by atoms with Crippen LogP contribution in [0.3, 0.4) is 0 Å². The number of rotatable bonds is 0. The second-order valence-electron chi connectivity index (χ2n) is 6.15. The van der Waals surface area contributed by atoms with Crippen LogP contribution in [-0.2, 0) is 0 Å². The minimum Gasteiger partial charge on any atom is -0.364 e. The topological polar surface area (TPSA) is 12.0 Å². The van der Waals surface area contributed by atoms with Crippen LogP contribution in [0.15, 0.2) is 35.7 Å². The molecule has 1 nitrogen and oxygen atoms in total. The lowest BCUT2D eigenvalue weighted by atomic mass is 9.78. The first-order valence-electron chi connectivity index (χ1n) is 5.58. The molecule has 0 fully saturated rings. The van der Waals surface area contributed by atoms with Crippen molar-refractivity contribution in [3.05, 3.63) is 35.7 Å². The number of hydrogen-bond acceptors (Lipinski definition) is 1. The van der Waals surface area contributed by atoms with Crippen molar-refractivity contribution < 1.29 is 0 Å². The lowest BCUT2D eigenvalue weighted by molar-refractivity contribution is 0.435. The van der Waals surface area contributed by atoms with Crippen molar-refractivity contribution >= 4 is 0 Å². The first-order chi connectivity index (χ1) is 6.73. The molecule has 0 aromatic rings. The molecular formula is C14H23N. The summed E-state index contributed by atoms with van der Waals surface area (Å²) in [6.45, 7) is 13.5. The average molecular weight is 205 g/mol. The maximum Gasteiger partial charge on any atom is 0.0239 e. The first kappa shape index (κ1) is 12.1. The molecule has 1 aliphatic heterocycles. The fourth-order valence-corrected chi connectivity index (χ4v) is 1.75. The summed E-state index contributed by atoms with van der Waals surface area (Å²) in [5.74, 6) is 0. The number of nitrogens with one attached hydrogen (secondary N) is 1. The Kier molecular flexibility index (Phi) is 3.13. The zero-order chi connectivity index (χ0) is 11.7.